The number of hydrogen-bond acceptors (Lipinski definition) is 9. The number of carbonyl (C=O) groups excluding carboxylic acids is 1. The summed E-state index contributed by atoms with van der Waals surface area (Å²) in [6.07, 6.45) is 39.5. The summed E-state index contributed by atoms with van der Waals surface area (Å²) in [4.78, 5) is 13.1. The van der Waals surface area contributed by atoms with Gasteiger partial charge in [-0.25, -0.2) is 0 Å². The van der Waals surface area contributed by atoms with Gasteiger partial charge >= 0.3 is 0 Å². The zero-order valence-electron chi connectivity index (χ0n) is 38.3. The van der Waals surface area contributed by atoms with E-state index in [0.29, 0.717) is 19.3 Å². The molecule has 0 radical (unpaired) electrons. The van der Waals surface area contributed by atoms with Gasteiger partial charge in [0.15, 0.2) is 6.29 Å². The van der Waals surface area contributed by atoms with E-state index in [1.165, 1.54) is 135 Å². The van der Waals surface area contributed by atoms with Crippen LogP contribution in [-0.2, 0) is 14.3 Å². The van der Waals surface area contributed by atoms with Crippen LogP contribution in [0.25, 0.3) is 0 Å². The predicted octanol–water partition coefficient (Wildman–Crippen LogP) is 9.81. The number of allylic oxidation sites excluding steroid dienone is 5. The Morgan fingerprint density at radius 2 is 0.983 bits per heavy atom. The van der Waals surface area contributed by atoms with Crippen molar-refractivity contribution < 1.29 is 44.9 Å². The maximum atomic E-state index is 13.1. The highest BCUT2D eigenvalue weighted by Gasteiger charge is 2.44. The maximum absolute atomic E-state index is 13.1. The van der Waals surface area contributed by atoms with Crippen molar-refractivity contribution in [2.24, 2.45) is 0 Å². The third-order valence-electron chi connectivity index (χ3n) is 11.8. The number of rotatable bonds is 41. The topological polar surface area (TPSA) is 169 Å². The fourth-order valence-corrected chi connectivity index (χ4v) is 7.72. The maximum Gasteiger partial charge on any atom is 0.249 e. The van der Waals surface area contributed by atoms with Gasteiger partial charge in [-0.1, -0.05) is 204 Å². The van der Waals surface area contributed by atoms with Crippen molar-refractivity contribution in [2.45, 2.75) is 262 Å². The zero-order chi connectivity index (χ0) is 43.9. The highest BCUT2D eigenvalue weighted by molar-refractivity contribution is 5.80. The molecule has 8 unspecified atom stereocenters. The lowest BCUT2D eigenvalue weighted by Crippen LogP contribution is -2.60. The van der Waals surface area contributed by atoms with Gasteiger partial charge in [0.05, 0.1) is 25.4 Å². The van der Waals surface area contributed by atoms with Crippen LogP contribution in [0.4, 0.5) is 0 Å². The Hall–Kier alpha value is -1.63. The Balaban J connectivity index is 2.36. The lowest BCUT2D eigenvalue weighted by atomic mass is 9.99. The second-order valence-corrected chi connectivity index (χ2v) is 17.4. The SMILES string of the molecule is CCCCCC/C=C/CC/C=C/CC/C=C/C(O)C(COC1OC(CO)C(O)C(O)C1O)NC(=O)C(O)CCCCCCCCCCCCCCCCCCCCCCC. The number of ether oxygens (including phenoxy) is 2. The minimum absolute atomic E-state index is 0.304. The Morgan fingerprint density at radius 1 is 0.567 bits per heavy atom. The molecule has 1 rings (SSSR count). The van der Waals surface area contributed by atoms with E-state index < -0.39 is 61.5 Å². The second kappa shape index (κ2) is 40.2. The van der Waals surface area contributed by atoms with Crippen molar-refractivity contribution in [1.29, 1.82) is 0 Å². The molecular weight excluding hydrogens is 759 g/mol. The van der Waals surface area contributed by atoms with Gasteiger partial charge in [-0.15, -0.1) is 0 Å². The van der Waals surface area contributed by atoms with E-state index in [1.54, 1.807) is 6.08 Å². The lowest BCUT2D eigenvalue weighted by Gasteiger charge is -2.40. The first kappa shape index (κ1) is 56.4. The van der Waals surface area contributed by atoms with Crippen LogP contribution in [0.15, 0.2) is 36.5 Å². The van der Waals surface area contributed by atoms with Crippen molar-refractivity contribution in [3.8, 4) is 0 Å². The predicted molar refractivity (Wildman–Crippen MR) is 246 cm³/mol. The van der Waals surface area contributed by atoms with Crippen molar-refractivity contribution >= 4 is 5.91 Å². The van der Waals surface area contributed by atoms with Gasteiger partial charge in [0.25, 0.3) is 0 Å². The molecule has 0 aromatic heterocycles. The van der Waals surface area contributed by atoms with Gasteiger partial charge in [0.1, 0.15) is 30.5 Å². The van der Waals surface area contributed by atoms with Crippen LogP contribution in [0, 0.1) is 0 Å². The number of carbonyl (C=O) groups is 1. The van der Waals surface area contributed by atoms with E-state index in [-0.39, 0.29) is 6.61 Å². The molecular formula is C50H93NO9. The number of nitrogens with one attached hydrogen (secondary N) is 1. The third-order valence-corrected chi connectivity index (χ3v) is 11.8. The molecule has 352 valence electrons. The number of unbranched alkanes of at least 4 members (excludes halogenated alkanes) is 26. The summed E-state index contributed by atoms with van der Waals surface area (Å²) in [5.41, 5.74) is 0. The van der Waals surface area contributed by atoms with E-state index >= 15 is 0 Å². The Kier molecular flexibility index (Phi) is 37.7. The van der Waals surface area contributed by atoms with Crippen LogP contribution >= 0.6 is 0 Å². The first-order valence-electron chi connectivity index (χ1n) is 24.8. The molecule has 1 aliphatic heterocycles. The quantitative estimate of drug-likeness (QED) is 0.0234. The van der Waals surface area contributed by atoms with Gasteiger partial charge in [-0.2, -0.15) is 0 Å². The van der Waals surface area contributed by atoms with E-state index in [1.807, 2.05) is 6.08 Å². The van der Waals surface area contributed by atoms with Crippen LogP contribution in [0.3, 0.4) is 0 Å². The van der Waals surface area contributed by atoms with Crippen LogP contribution < -0.4 is 5.32 Å². The van der Waals surface area contributed by atoms with Gasteiger partial charge in [-0.3, -0.25) is 4.79 Å². The zero-order valence-corrected chi connectivity index (χ0v) is 38.3. The smallest absolute Gasteiger partial charge is 0.249 e. The van der Waals surface area contributed by atoms with Crippen LogP contribution in [0.2, 0.25) is 0 Å². The molecule has 1 heterocycles. The first-order valence-corrected chi connectivity index (χ1v) is 24.8. The van der Waals surface area contributed by atoms with Crippen molar-refractivity contribution in [3.63, 3.8) is 0 Å². The molecule has 10 nitrogen and oxygen atoms in total. The van der Waals surface area contributed by atoms with Crippen molar-refractivity contribution in [3.05, 3.63) is 36.5 Å². The number of amides is 1. The normalized spacial score (nSPS) is 21.4. The Labute approximate surface area is 366 Å². The molecule has 10 heteroatoms. The fourth-order valence-electron chi connectivity index (χ4n) is 7.72. The van der Waals surface area contributed by atoms with Crippen molar-refractivity contribution in [2.75, 3.05) is 13.2 Å². The molecule has 0 aromatic rings. The van der Waals surface area contributed by atoms with E-state index in [2.05, 4.69) is 43.5 Å². The summed E-state index contributed by atoms with van der Waals surface area (Å²) < 4.78 is 11.1. The molecule has 1 fully saturated rings. The van der Waals surface area contributed by atoms with Crippen LogP contribution in [0.1, 0.15) is 213 Å². The standard InChI is InChI=1S/C50H93NO9/c1-3-5-7-9-11-13-15-17-19-20-21-22-23-24-25-27-29-31-33-35-37-39-44(54)49(58)51-42(41-59-50-48(57)47(56)46(55)45(40-52)60-50)43(53)38-36-34-32-30-28-26-18-16-14-12-10-8-6-4-2/h14,16,28,30,36,38,42-48,50,52-57H,3-13,15,17-27,29,31-35,37,39-41H2,1-2H3,(H,51,58)/b16-14+,30-28+,38-36+. The number of aliphatic hydroxyl groups is 6. The molecule has 0 bridgehead atoms. The van der Waals surface area contributed by atoms with Gasteiger partial charge in [-0.05, 0) is 44.9 Å². The summed E-state index contributed by atoms with van der Waals surface area (Å²) in [6, 6.07) is -1.00. The summed E-state index contributed by atoms with van der Waals surface area (Å²) in [6.45, 7) is 3.57. The second-order valence-electron chi connectivity index (χ2n) is 17.4. The van der Waals surface area contributed by atoms with Gasteiger partial charge in [0, 0.05) is 0 Å². The monoisotopic (exact) mass is 852 g/mol. The first-order chi connectivity index (χ1) is 29.3. The summed E-state index contributed by atoms with van der Waals surface area (Å²) in [5, 5.41) is 64.7. The summed E-state index contributed by atoms with van der Waals surface area (Å²) in [5.74, 6) is -0.629. The van der Waals surface area contributed by atoms with Crippen LogP contribution in [-0.4, -0.2) is 98.7 Å². The van der Waals surface area contributed by atoms with Gasteiger partial charge in [0.2, 0.25) is 5.91 Å². The fraction of sp³-hybridized carbons (Fsp3) is 0.860. The third kappa shape index (κ3) is 29.6. The van der Waals surface area contributed by atoms with E-state index in [9.17, 15) is 35.4 Å². The molecule has 0 saturated carbocycles. The molecule has 1 saturated heterocycles. The number of hydrogen-bond donors (Lipinski definition) is 7. The highest BCUT2D eigenvalue weighted by Crippen LogP contribution is 2.23. The molecule has 7 N–H and O–H groups in total. The minimum Gasteiger partial charge on any atom is -0.394 e. The lowest BCUT2D eigenvalue weighted by molar-refractivity contribution is -0.302. The molecule has 0 spiro atoms. The molecule has 8 atom stereocenters. The average molecular weight is 852 g/mol. The number of aliphatic hydroxyl groups excluding tert-OH is 6. The molecule has 1 amide bonds. The Morgan fingerprint density at radius 3 is 1.45 bits per heavy atom. The van der Waals surface area contributed by atoms with Gasteiger partial charge < -0.3 is 45.4 Å². The molecule has 1 aliphatic rings. The van der Waals surface area contributed by atoms with E-state index in [0.717, 1.165) is 44.9 Å². The Bertz CT molecular complexity index is 1050. The minimum atomic E-state index is -1.62. The molecule has 0 aromatic carbocycles. The summed E-state index contributed by atoms with van der Waals surface area (Å²) in [7, 11) is 0. The average Bonchev–Trinajstić information content (AvgIpc) is 3.25. The summed E-state index contributed by atoms with van der Waals surface area (Å²) >= 11 is 0. The largest absolute Gasteiger partial charge is 0.394 e. The van der Waals surface area contributed by atoms with E-state index in [4.69, 9.17) is 9.47 Å². The van der Waals surface area contributed by atoms with Crippen LogP contribution in [0.5, 0.6) is 0 Å². The molecule has 60 heavy (non-hydrogen) atoms. The molecule has 0 aliphatic carbocycles. The van der Waals surface area contributed by atoms with Crippen molar-refractivity contribution in [1.82, 2.24) is 5.32 Å². The highest BCUT2D eigenvalue weighted by atomic mass is 16.7.